The first-order chi connectivity index (χ1) is 13.3. The lowest BCUT2D eigenvalue weighted by molar-refractivity contribution is -0.142. The van der Waals surface area contributed by atoms with E-state index in [0.29, 0.717) is 22.7 Å². The van der Waals surface area contributed by atoms with Crippen LogP contribution in [0.1, 0.15) is 47.7 Å². The summed E-state index contributed by atoms with van der Waals surface area (Å²) in [6, 6.07) is 13.8. The van der Waals surface area contributed by atoms with Crippen molar-refractivity contribution in [2.24, 2.45) is 0 Å². The van der Waals surface area contributed by atoms with Gasteiger partial charge in [-0.1, -0.05) is 56.3 Å². The van der Waals surface area contributed by atoms with Gasteiger partial charge in [0.2, 0.25) is 0 Å². The van der Waals surface area contributed by atoms with Crippen LogP contribution in [0.4, 0.5) is 5.69 Å². The highest BCUT2D eigenvalue weighted by molar-refractivity contribution is 6.12. The SMILES string of the molecule is COC(=O)CN1C(=O)[C@](O)(CC(=O)c2ccc(C(C)C)cc2)c2ccccc21. The van der Waals surface area contributed by atoms with E-state index in [1.807, 2.05) is 12.1 Å². The second kappa shape index (κ2) is 7.56. The Morgan fingerprint density at radius 1 is 1.11 bits per heavy atom. The van der Waals surface area contributed by atoms with Gasteiger partial charge in [0.25, 0.3) is 5.91 Å². The van der Waals surface area contributed by atoms with Gasteiger partial charge in [-0.15, -0.1) is 0 Å². The van der Waals surface area contributed by atoms with Crippen molar-refractivity contribution in [1.29, 1.82) is 0 Å². The summed E-state index contributed by atoms with van der Waals surface area (Å²) in [5.41, 5.74) is 0.231. The molecular weight excluding hydrogens is 358 g/mol. The number of ketones is 1. The highest BCUT2D eigenvalue weighted by Crippen LogP contribution is 2.42. The largest absolute Gasteiger partial charge is 0.468 e. The number of benzene rings is 2. The molecule has 6 nitrogen and oxygen atoms in total. The number of aliphatic hydroxyl groups is 1. The number of fused-ring (bicyclic) bond motifs is 1. The summed E-state index contributed by atoms with van der Waals surface area (Å²) in [7, 11) is 1.23. The molecule has 28 heavy (non-hydrogen) atoms. The van der Waals surface area contributed by atoms with Gasteiger partial charge in [0.15, 0.2) is 11.4 Å². The van der Waals surface area contributed by atoms with Gasteiger partial charge in [-0.2, -0.15) is 0 Å². The highest BCUT2D eigenvalue weighted by Gasteiger charge is 2.51. The van der Waals surface area contributed by atoms with Crippen LogP contribution in [0.5, 0.6) is 0 Å². The predicted molar refractivity (Wildman–Crippen MR) is 104 cm³/mol. The van der Waals surface area contributed by atoms with Gasteiger partial charge in [0, 0.05) is 11.1 Å². The number of para-hydroxylation sites is 1. The standard InChI is InChI=1S/C22H23NO5/c1-14(2)15-8-10-16(11-9-15)19(24)12-22(27)17-6-4-5-7-18(17)23(21(22)26)13-20(25)28-3/h4-11,14,27H,12-13H2,1-3H3/t22-/m0/s1. The maximum Gasteiger partial charge on any atom is 0.325 e. The molecule has 2 aromatic carbocycles. The fourth-order valence-corrected chi connectivity index (χ4v) is 3.42. The van der Waals surface area contributed by atoms with Crippen LogP contribution in [0.2, 0.25) is 0 Å². The molecule has 0 spiro atoms. The van der Waals surface area contributed by atoms with Crippen molar-refractivity contribution in [2.45, 2.75) is 31.8 Å². The molecule has 0 aromatic heterocycles. The maximum absolute atomic E-state index is 13.0. The fourth-order valence-electron chi connectivity index (χ4n) is 3.42. The number of esters is 1. The molecule has 0 bridgehead atoms. The number of anilines is 1. The van der Waals surface area contributed by atoms with E-state index < -0.39 is 23.9 Å². The van der Waals surface area contributed by atoms with Crippen molar-refractivity contribution in [3.63, 3.8) is 0 Å². The molecule has 0 aliphatic carbocycles. The first-order valence-electron chi connectivity index (χ1n) is 9.11. The number of methoxy groups -OCH3 is 1. The summed E-state index contributed by atoms with van der Waals surface area (Å²) in [5, 5.41) is 11.2. The van der Waals surface area contributed by atoms with Gasteiger partial charge >= 0.3 is 5.97 Å². The zero-order chi connectivity index (χ0) is 20.5. The van der Waals surface area contributed by atoms with Gasteiger partial charge in [0.05, 0.1) is 19.2 Å². The molecule has 3 rings (SSSR count). The Bertz CT molecular complexity index is 919. The number of carbonyl (C=O) groups excluding carboxylic acids is 3. The van der Waals surface area contributed by atoms with E-state index in [4.69, 9.17) is 0 Å². The molecule has 1 heterocycles. The van der Waals surface area contributed by atoms with Crippen LogP contribution >= 0.6 is 0 Å². The first kappa shape index (κ1) is 19.8. The Kier molecular flexibility index (Phi) is 5.34. The molecule has 1 N–H and O–H groups in total. The Balaban J connectivity index is 1.91. The van der Waals surface area contributed by atoms with E-state index in [0.717, 1.165) is 10.5 Å². The van der Waals surface area contributed by atoms with E-state index in [1.165, 1.54) is 7.11 Å². The van der Waals surface area contributed by atoms with Crippen molar-refractivity contribution in [2.75, 3.05) is 18.6 Å². The molecule has 0 saturated heterocycles. The van der Waals surface area contributed by atoms with E-state index in [1.54, 1.807) is 36.4 Å². The summed E-state index contributed by atoms with van der Waals surface area (Å²) in [5.74, 6) is -1.32. The fraction of sp³-hybridized carbons (Fsp3) is 0.318. The normalized spacial score (nSPS) is 18.3. The summed E-state index contributed by atoms with van der Waals surface area (Å²) < 4.78 is 4.64. The Hall–Kier alpha value is -2.99. The second-order valence-corrected chi connectivity index (χ2v) is 7.22. The molecule has 1 amide bonds. The van der Waals surface area contributed by atoms with E-state index >= 15 is 0 Å². The molecule has 0 radical (unpaired) electrons. The average molecular weight is 381 g/mol. The molecule has 2 aromatic rings. The van der Waals surface area contributed by atoms with Crippen LogP contribution in [-0.2, 0) is 19.9 Å². The number of Topliss-reactive ketones (excluding diaryl/α,β-unsaturated/α-hetero) is 1. The predicted octanol–water partition coefficient (Wildman–Crippen LogP) is 2.79. The number of hydrogen-bond donors (Lipinski definition) is 1. The number of amides is 1. The minimum atomic E-state index is -2.02. The lowest BCUT2D eigenvalue weighted by atomic mass is 9.87. The van der Waals surface area contributed by atoms with Gasteiger partial charge in [-0.05, 0) is 17.5 Å². The van der Waals surface area contributed by atoms with Gasteiger partial charge in [-0.25, -0.2) is 0 Å². The lowest BCUT2D eigenvalue weighted by Gasteiger charge is -2.22. The third-order valence-electron chi connectivity index (χ3n) is 5.07. The van der Waals surface area contributed by atoms with Crippen molar-refractivity contribution >= 4 is 23.3 Å². The van der Waals surface area contributed by atoms with Crippen LogP contribution in [0.3, 0.4) is 0 Å². The van der Waals surface area contributed by atoms with Gasteiger partial charge < -0.3 is 9.84 Å². The van der Waals surface area contributed by atoms with Crippen molar-refractivity contribution in [1.82, 2.24) is 0 Å². The van der Waals surface area contributed by atoms with Crippen molar-refractivity contribution in [3.05, 3.63) is 65.2 Å². The quantitative estimate of drug-likeness (QED) is 0.614. The third kappa shape index (κ3) is 3.43. The summed E-state index contributed by atoms with van der Waals surface area (Å²) in [6.07, 6.45) is -0.401. The topological polar surface area (TPSA) is 83.9 Å². The number of carbonyl (C=O) groups is 3. The number of ether oxygens (including phenoxy) is 1. The zero-order valence-corrected chi connectivity index (χ0v) is 16.1. The Morgan fingerprint density at radius 2 is 1.75 bits per heavy atom. The van der Waals surface area contributed by atoms with Crippen molar-refractivity contribution in [3.8, 4) is 0 Å². The van der Waals surface area contributed by atoms with E-state index in [-0.39, 0.29) is 12.3 Å². The average Bonchev–Trinajstić information content (AvgIpc) is 2.90. The van der Waals surface area contributed by atoms with Gasteiger partial charge in [-0.3, -0.25) is 19.3 Å². The summed E-state index contributed by atoms with van der Waals surface area (Å²) in [4.78, 5) is 38.6. The Labute approximate surface area is 163 Å². The van der Waals surface area contributed by atoms with Gasteiger partial charge in [0.1, 0.15) is 6.54 Å². The number of rotatable bonds is 6. The minimum Gasteiger partial charge on any atom is -0.468 e. The minimum absolute atomic E-state index is 0.316. The lowest BCUT2D eigenvalue weighted by Crippen LogP contribution is -2.43. The van der Waals surface area contributed by atoms with Crippen LogP contribution in [-0.4, -0.2) is 36.4 Å². The first-order valence-corrected chi connectivity index (χ1v) is 9.11. The third-order valence-corrected chi connectivity index (χ3v) is 5.07. The molecule has 1 aliphatic heterocycles. The van der Waals surface area contributed by atoms with E-state index in [2.05, 4.69) is 18.6 Å². The molecule has 1 aliphatic rings. The van der Waals surface area contributed by atoms with Crippen molar-refractivity contribution < 1.29 is 24.2 Å². The second-order valence-electron chi connectivity index (χ2n) is 7.22. The number of hydrogen-bond acceptors (Lipinski definition) is 5. The molecular formula is C22H23NO5. The molecule has 0 fully saturated rings. The maximum atomic E-state index is 13.0. The van der Waals surface area contributed by atoms with Crippen LogP contribution in [0, 0.1) is 0 Å². The summed E-state index contributed by atoms with van der Waals surface area (Å²) >= 11 is 0. The van der Waals surface area contributed by atoms with Crippen LogP contribution in [0.15, 0.2) is 48.5 Å². The number of nitrogens with zero attached hydrogens (tertiary/aromatic N) is 1. The molecule has 0 saturated carbocycles. The Morgan fingerprint density at radius 3 is 2.36 bits per heavy atom. The van der Waals surface area contributed by atoms with E-state index in [9.17, 15) is 19.5 Å². The summed E-state index contributed by atoms with van der Waals surface area (Å²) in [6.45, 7) is 3.79. The van der Waals surface area contributed by atoms with Crippen LogP contribution < -0.4 is 4.90 Å². The smallest absolute Gasteiger partial charge is 0.325 e. The molecule has 6 heteroatoms. The molecule has 146 valence electrons. The monoisotopic (exact) mass is 381 g/mol. The highest BCUT2D eigenvalue weighted by atomic mass is 16.5. The molecule has 0 unspecified atom stereocenters. The molecule has 1 atom stereocenters. The zero-order valence-electron chi connectivity index (χ0n) is 16.1. The van der Waals surface area contributed by atoms with Crippen LogP contribution in [0.25, 0.3) is 0 Å².